The summed E-state index contributed by atoms with van der Waals surface area (Å²) in [6.45, 7) is 4.42. The first-order chi connectivity index (χ1) is 8.81. The van der Waals surface area contributed by atoms with Crippen LogP contribution in [-0.2, 0) is 6.42 Å². The topological polar surface area (TPSA) is 29.9 Å². The largest absolute Gasteiger partial charge is 0.316 e. The van der Waals surface area contributed by atoms with E-state index in [1.165, 1.54) is 17.5 Å². The Labute approximate surface area is 108 Å². The summed E-state index contributed by atoms with van der Waals surface area (Å²) < 4.78 is 1.98. The van der Waals surface area contributed by atoms with E-state index >= 15 is 0 Å². The molecule has 94 valence electrons. The van der Waals surface area contributed by atoms with Gasteiger partial charge in [-0.05, 0) is 62.0 Å². The number of rotatable bonds is 3. The molecule has 18 heavy (non-hydrogen) atoms. The molecule has 1 saturated heterocycles. The Hall–Kier alpha value is -1.61. The summed E-state index contributed by atoms with van der Waals surface area (Å²) in [6.07, 6.45) is 6.59. The number of hydrogen-bond donors (Lipinski definition) is 1. The highest BCUT2D eigenvalue weighted by Crippen LogP contribution is 2.16. The van der Waals surface area contributed by atoms with E-state index in [9.17, 15) is 0 Å². The van der Waals surface area contributed by atoms with Gasteiger partial charge in [0.05, 0.1) is 11.9 Å². The summed E-state index contributed by atoms with van der Waals surface area (Å²) in [6, 6.07) is 8.44. The molecule has 1 unspecified atom stereocenters. The third-order valence-corrected chi connectivity index (χ3v) is 3.59. The molecular weight excluding hydrogens is 222 g/mol. The van der Waals surface area contributed by atoms with Crippen molar-refractivity contribution in [3.8, 4) is 5.69 Å². The van der Waals surface area contributed by atoms with Crippen LogP contribution < -0.4 is 5.32 Å². The van der Waals surface area contributed by atoms with Crippen molar-refractivity contribution in [2.45, 2.75) is 19.8 Å². The van der Waals surface area contributed by atoms with Gasteiger partial charge >= 0.3 is 0 Å². The van der Waals surface area contributed by atoms with Gasteiger partial charge in [0.15, 0.2) is 0 Å². The number of nitrogens with zero attached hydrogens (tertiary/aromatic N) is 2. The van der Waals surface area contributed by atoms with Crippen LogP contribution >= 0.6 is 0 Å². The second kappa shape index (κ2) is 4.94. The average Bonchev–Trinajstić information content (AvgIpc) is 3.01. The quantitative estimate of drug-likeness (QED) is 0.894. The smallest absolute Gasteiger partial charge is 0.0648 e. The van der Waals surface area contributed by atoms with Crippen molar-refractivity contribution in [1.82, 2.24) is 15.1 Å². The van der Waals surface area contributed by atoms with E-state index in [2.05, 4.69) is 47.8 Å². The monoisotopic (exact) mass is 241 g/mol. The average molecular weight is 241 g/mol. The molecule has 0 amide bonds. The molecule has 2 aromatic rings. The Balaban J connectivity index is 1.76. The number of benzene rings is 1. The maximum atomic E-state index is 4.47. The van der Waals surface area contributed by atoms with E-state index in [-0.39, 0.29) is 0 Å². The van der Waals surface area contributed by atoms with Crippen molar-refractivity contribution in [1.29, 1.82) is 0 Å². The lowest BCUT2D eigenvalue weighted by atomic mass is 10.0. The van der Waals surface area contributed by atoms with Crippen LogP contribution in [0.25, 0.3) is 5.69 Å². The zero-order valence-electron chi connectivity index (χ0n) is 10.8. The van der Waals surface area contributed by atoms with Crippen molar-refractivity contribution in [3.05, 3.63) is 47.8 Å². The second-order valence-electron chi connectivity index (χ2n) is 5.20. The van der Waals surface area contributed by atoms with Crippen LogP contribution in [0.5, 0.6) is 0 Å². The fourth-order valence-corrected chi connectivity index (χ4v) is 2.60. The summed E-state index contributed by atoms with van der Waals surface area (Å²) in [7, 11) is 0. The van der Waals surface area contributed by atoms with Crippen LogP contribution in [0.4, 0.5) is 0 Å². The van der Waals surface area contributed by atoms with E-state index in [1.54, 1.807) is 0 Å². The molecule has 0 spiro atoms. The zero-order chi connectivity index (χ0) is 12.4. The zero-order valence-corrected chi connectivity index (χ0v) is 10.8. The van der Waals surface area contributed by atoms with Gasteiger partial charge in [-0.3, -0.25) is 0 Å². The minimum absolute atomic E-state index is 0.778. The second-order valence-corrected chi connectivity index (χ2v) is 5.20. The Morgan fingerprint density at radius 2 is 2.39 bits per heavy atom. The Bertz CT molecular complexity index is 524. The van der Waals surface area contributed by atoms with Crippen LogP contribution in [0.2, 0.25) is 0 Å². The molecule has 1 aliphatic heterocycles. The van der Waals surface area contributed by atoms with Gasteiger partial charge in [0, 0.05) is 6.20 Å². The van der Waals surface area contributed by atoms with E-state index in [4.69, 9.17) is 0 Å². The molecule has 1 fully saturated rings. The maximum absolute atomic E-state index is 4.47. The molecule has 0 saturated carbocycles. The van der Waals surface area contributed by atoms with Gasteiger partial charge in [-0.2, -0.15) is 5.10 Å². The van der Waals surface area contributed by atoms with Crippen molar-refractivity contribution in [2.24, 2.45) is 5.92 Å². The van der Waals surface area contributed by atoms with E-state index in [1.807, 2.05) is 10.9 Å². The normalized spacial score (nSPS) is 19.3. The standard InChI is InChI=1S/C15H19N3/c1-12-3-2-4-15(7-12)18-11-14(10-17-18)8-13-5-6-16-9-13/h2-4,7,10-11,13,16H,5-6,8-9H2,1H3. The number of aryl methyl sites for hydroxylation is 1. The first-order valence-electron chi connectivity index (χ1n) is 6.62. The van der Waals surface area contributed by atoms with Crippen LogP contribution in [-0.4, -0.2) is 22.9 Å². The number of hydrogen-bond acceptors (Lipinski definition) is 2. The molecule has 3 nitrogen and oxygen atoms in total. The van der Waals surface area contributed by atoms with Gasteiger partial charge in [0.2, 0.25) is 0 Å². The van der Waals surface area contributed by atoms with E-state index < -0.39 is 0 Å². The molecular formula is C15H19N3. The minimum atomic E-state index is 0.778. The molecule has 1 aliphatic rings. The van der Waals surface area contributed by atoms with Crippen molar-refractivity contribution >= 4 is 0 Å². The van der Waals surface area contributed by atoms with Crippen molar-refractivity contribution < 1.29 is 0 Å². The van der Waals surface area contributed by atoms with Crippen LogP contribution in [0.15, 0.2) is 36.7 Å². The lowest BCUT2D eigenvalue weighted by Crippen LogP contribution is -2.10. The maximum Gasteiger partial charge on any atom is 0.0648 e. The summed E-state index contributed by atoms with van der Waals surface area (Å²) in [5.41, 5.74) is 3.75. The molecule has 0 radical (unpaired) electrons. The first-order valence-corrected chi connectivity index (χ1v) is 6.62. The van der Waals surface area contributed by atoms with Crippen LogP contribution in [0, 0.1) is 12.8 Å². The third kappa shape index (κ3) is 2.46. The predicted octanol–water partition coefficient (Wildman–Crippen LogP) is 2.33. The number of aromatic nitrogens is 2. The number of nitrogens with one attached hydrogen (secondary N) is 1. The summed E-state index contributed by atoms with van der Waals surface area (Å²) >= 11 is 0. The predicted molar refractivity (Wildman–Crippen MR) is 73.0 cm³/mol. The van der Waals surface area contributed by atoms with Crippen LogP contribution in [0.3, 0.4) is 0 Å². The molecule has 1 N–H and O–H groups in total. The molecule has 3 heteroatoms. The lowest BCUT2D eigenvalue weighted by molar-refractivity contribution is 0.580. The highest BCUT2D eigenvalue weighted by Gasteiger charge is 2.15. The van der Waals surface area contributed by atoms with E-state index in [0.29, 0.717) is 0 Å². The Kier molecular flexibility index (Phi) is 3.15. The van der Waals surface area contributed by atoms with Gasteiger partial charge in [-0.1, -0.05) is 12.1 Å². The highest BCUT2D eigenvalue weighted by molar-refractivity contribution is 5.35. The summed E-state index contributed by atoms with van der Waals surface area (Å²) in [4.78, 5) is 0. The molecule has 3 rings (SSSR count). The van der Waals surface area contributed by atoms with Crippen LogP contribution in [0.1, 0.15) is 17.5 Å². The van der Waals surface area contributed by atoms with Gasteiger partial charge < -0.3 is 5.32 Å². The Morgan fingerprint density at radius 1 is 1.44 bits per heavy atom. The highest BCUT2D eigenvalue weighted by atomic mass is 15.3. The molecule has 0 aliphatic carbocycles. The molecule has 2 heterocycles. The van der Waals surface area contributed by atoms with Crippen molar-refractivity contribution in [2.75, 3.05) is 13.1 Å². The van der Waals surface area contributed by atoms with Gasteiger partial charge in [0.1, 0.15) is 0 Å². The molecule has 1 atom stereocenters. The first kappa shape index (κ1) is 11.5. The SMILES string of the molecule is Cc1cccc(-n2cc(CC3CCNC3)cn2)c1. The Morgan fingerprint density at radius 3 is 3.17 bits per heavy atom. The van der Waals surface area contributed by atoms with Crippen molar-refractivity contribution in [3.63, 3.8) is 0 Å². The fourth-order valence-electron chi connectivity index (χ4n) is 2.60. The lowest BCUT2D eigenvalue weighted by Gasteiger charge is -2.05. The molecule has 1 aromatic carbocycles. The molecule has 1 aromatic heterocycles. The third-order valence-electron chi connectivity index (χ3n) is 3.59. The minimum Gasteiger partial charge on any atom is -0.316 e. The van der Waals surface area contributed by atoms with Gasteiger partial charge in [-0.25, -0.2) is 4.68 Å². The van der Waals surface area contributed by atoms with Gasteiger partial charge in [-0.15, -0.1) is 0 Å². The van der Waals surface area contributed by atoms with E-state index in [0.717, 1.165) is 31.1 Å². The summed E-state index contributed by atoms with van der Waals surface area (Å²) in [5.74, 6) is 0.778. The molecule has 0 bridgehead atoms. The summed E-state index contributed by atoms with van der Waals surface area (Å²) in [5, 5.41) is 7.88. The van der Waals surface area contributed by atoms with Gasteiger partial charge in [0.25, 0.3) is 0 Å². The fraction of sp³-hybridized carbons (Fsp3) is 0.400.